The van der Waals surface area contributed by atoms with E-state index in [9.17, 15) is 9.59 Å². The maximum atomic E-state index is 12.4. The van der Waals surface area contributed by atoms with E-state index in [0.717, 1.165) is 10.0 Å². The van der Waals surface area contributed by atoms with Gasteiger partial charge in [0.15, 0.2) is 18.1 Å². The van der Waals surface area contributed by atoms with Crippen molar-refractivity contribution in [2.75, 3.05) is 37.8 Å². The summed E-state index contributed by atoms with van der Waals surface area (Å²) in [5.74, 6) is 1.52. The maximum Gasteiger partial charge on any atom is 0.265 e. The largest absolute Gasteiger partial charge is 0.490 e. The number of carbonyl (C=O) groups is 2. The number of hydrogen-bond donors (Lipinski definition) is 1. The molecule has 1 aliphatic heterocycles. The Hall–Kier alpha value is -2.74. The van der Waals surface area contributed by atoms with Crippen LogP contribution in [0.15, 0.2) is 40.9 Å². The van der Waals surface area contributed by atoms with Crippen molar-refractivity contribution in [3.8, 4) is 17.2 Å². The Morgan fingerprint density at radius 3 is 2.67 bits per heavy atom. The Labute approximate surface area is 184 Å². The Morgan fingerprint density at radius 1 is 1.13 bits per heavy atom. The molecule has 0 atom stereocenters. The van der Waals surface area contributed by atoms with Crippen LogP contribution in [0.2, 0.25) is 0 Å². The molecule has 0 unspecified atom stereocenters. The summed E-state index contributed by atoms with van der Waals surface area (Å²) in [4.78, 5) is 26.1. The summed E-state index contributed by atoms with van der Waals surface area (Å²) in [6.07, 6.45) is 0.638. The molecule has 1 aliphatic rings. The van der Waals surface area contributed by atoms with Crippen LogP contribution in [0.25, 0.3) is 0 Å². The summed E-state index contributed by atoms with van der Waals surface area (Å²) >= 11 is 3.38. The van der Waals surface area contributed by atoms with Gasteiger partial charge in [0.25, 0.3) is 5.91 Å². The lowest BCUT2D eigenvalue weighted by molar-refractivity contribution is -0.125. The predicted molar refractivity (Wildman–Crippen MR) is 117 cm³/mol. The lowest BCUT2D eigenvalue weighted by Gasteiger charge is -2.29. The summed E-state index contributed by atoms with van der Waals surface area (Å²) in [5.41, 5.74) is 1.62. The fourth-order valence-electron chi connectivity index (χ4n) is 3.15. The smallest absolute Gasteiger partial charge is 0.265 e. The fraction of sp³-hybridized carbons (Fsp3) is 0.364. The molecule has 0 radical (unpaired) electrons. The summed E-state index contributed by atoms with van der Waals surface area (Å²) in [6, 6.07) is 11.1. The van der Waals surface area contributed by atoms with E-state index in [1.807, 2.05) is 38.1 Å². The third kappa shape index (κ3) is 5.44. The van der Waals surface area contributed by atoms with Crippen LogP contribution in [0.1, 0.15) is 19.4 Å². The molecule has 0 saturated carbocycles. The van der Waals surface area contributed by atoms with Crippen molar-refractivity contribution in [3.63, 3.8) is 0 Å². The number of nitrogens with zero attached hydrogens (tertiary/aromatic N) is 1. The van der Waals surface area contributed by atoms with Gasteiger partial charge in [-0.05, 0) is 56.2 Å². The normalized spacial score (nSPS) is 12.8. The second-order valence-electron chi connectivity index (χ2n) is 6.63. The number of anilines is 1. The van der Waals surface area contributed by atoms with E-state index < -0.39 is 0 Å². The summed E-state index contributed by atoms with van der Waals surface area (Å²) in [5, 5.41) is 2.88. The zero-order valence-corrected chi connectivity index (χ0v) is 18.7. The predicted octanol–water partition coefficient (Wildman–Crippen LogP) is 3.33. The number of fused-ring (bicyclic) bond motifs is 1. The van der Waals surface area contributed by atoms with Gasteiger partial charge in [0.05, 0.1) is 18.9 Å². The van der Waals surface area contributed by atoms with Crippen LogP contribution in [0.5, 0.6) is 17.2 Å². The molecular formula is C22H25BrN2O5. The molecule has 0 fully saturated rings. The van der Waals surface area contributed by atoms with E-state index in [1.54, 1.807) is 12.1 Å². The van der Waals surface area contributed by atoms with Crippen molar-refractivity contribution < 1.29 is 23.8 Å². The zero-order valence-electron chi connectivity index (χ0n) is 17.1. The Balaban J connectivity index is 1.57. The molecule has 0 bridgehead atoms. The summed E-state index contributed by atoms with van der Waals surface area (Å²) < 4.78 is 17.5. The van der Waals surface area contributed by atoms with Crippen LogP contribution in [0, 0.1) is 0 Å². The van der Waals surface area contributed by atoms with Crippen LogP contribution in [-0.4, -0.2) is 44.7 Å². The minimum atomic E-state index is -0.243. The molecule has 2 amide bonds. The molecule has 0 saturated heterocycles. The standard InChI is InChI=1S/C22H25BrN2O5/c1-3-28-18-8-5-15(11-20(18)29-4-2)9-10-24-21(26)13-25-17-7-6-16(23)12-19(17)30-14-22(25)27/h5-8,11-12H,3-4,9-10,13-14H2,1-2H3,(H,24,26). The molecule has 30 heavy (non-hydrogen) atoms. The lowest BCUT2D eigenvalue weighted by atomic mass is 10.1. The lowest BCUT2D eigenvalue weighted by Crippen LogP contribution is -2.45. The van der Waals surface area contributed by atoms with Crippen LogP contribution in [-0.2, 0) is 16.0 Å². The van der Waals surface area contributed by atoms with Gasteiger partial charge < -0.3 is 19.5 Å². The highest BCUT2D eigenvalue weighted by Gasteiger charge is 2.27. The molecule has 0 spiro atoms. The van der Waals surface area contributed by atoms with Crippen molar-refractivity contribution in [3.05, 3.63) is 46.4 Å². The van der Waals surface area contributed by atoms with E-state index >= 15 is 0 Å². The zero-order chi connectivity index (χ0) is 21.5. The third-order valence-electron chi connectivity index (χ3n) is 4.51. The van der Waals surface area contributed by atoms with Crippen molar-refractivity contribution in [1.82, 2.24) is 5.32 Å². The molecular weight excluding hydrogens is 452 g/mol. The van der Waals surface area contributed by atoms with E-state index in [-0.39, 0.29) is 25.0 Å². The fourth-order valence-corrected chi connectivity index (χ4v) is 3.49. The van der Waals surface area contributed by atoms with Gasteiger partial charge in [-0.15, -0.1) is 0 Å². The highest BCUT2D eigenvalue weighted by Crippen LogP contribution is 2.34. The maximum absolute atomic E-state index is 12.4. The van der Waals surface area contributed by atoms with Crippen molar-refractivity contribution in [1.29, 1.82) is 0 Å². The number of rotatable bonds is 9. The Morgan fingerprint density at radius 2 is 1.90 bits per heavy atom. The molecule has 2 aromatic rings. The van der Waals surface area contributed by atoms with E-state index in [1.165, 1.54) is 4.90 Å². The van der Waals surface area contributed by atoms with Crippen molar-refractivity contribution in [2.45, 2.75) is 20.3 Å². The monoisotopic (exact) mass is 476 g/mol. The number of halogens is 1. The first-order valence-corrected chi connectivity index (χ1v) is 10.7. The average Bonchev–Trinajstić information content (AvgIpc) is 2.72. The van der Waals surface area contributed by atoms with E-state index in [2.05, 4.69) is 21.2 Å². The first-order valence-electron chi connectivity index (χ1n) is 9.89. The number of ether oxygens (including phenoxy) is 3. The average molecular weight is 477 g/mol. The highest BCUT2D eigenvalue weighted by molar-refractivity contribution is 9.10. The molecule has 0 aromatic heterocycles. The number of amides is 2. The molecule has 2 aromatic carbocycles. The highest BCUT2D eigenvalue weighted by atomic mass is 79.9. The minimum absolute atomic E-state index is 0.0513. The molecule has 1 N–H and O–H groups in total. The van der Waals surface area contributed by atoms with Crippen LogP contribution in [0.3, 0.4) is 0 Å². The second kappa shape index (κ2) is 10.3. The molecule has 1 heterocycles. The second-order valence-corrected chi connectivity index (χ2v) is 7.54. The molecule has 7 nitrogen and oxygen atoms in total. The van der Waals surface area contributed by atoms with Gasteiger partial charge in [-0.1, -0.05) is 22.0 Å². The van der Waals surface area contributed by atoms with E-state index in [0.29, 0.717) is 49.1 Å². The van der Waals surface area contributed by atoms with E-state index in [4.69, 9.17) is 14.2 Å². The Kier molecular flexibility index (Phi) is 7.57. The van der Waals surface area contributed by atoms with Gasteiger partial charge in [0.1, 0.15) is 12.3 Å². The van der Waals surface area contributed by atoms with Crippen molar-refractivity contribution in [2.24, 2.45) is 0 Å². The Bertz CT molecular complexity index is 918. The molecule has 3 rings (SSSR count). The number of carbonyl (C=O) groups excluding carboxylic acids is 2. The third-order valence-corrected chi connectivity index (χ3v) is 5.00. The van der Waals surface area contributed by atoms with Gasteiger partial charge in [0, 0.05) is 11.0 Å². The van der Waals surface area contributed by atoms with Crippen LogP contribution >= 0.6 is 15.9 Å². The van der Waals surface area contributed by atoms with Gasteiger partial charge in [-0.25, -0.2) is 0 Å². The molecule has 0 aliphatic carbocycles. The van der Waals surface area contributed by atoms with Gasteiger partial charge in [-0.2, -0.15) is 0 Å². The minimum Gasteiger partial charge on any atom is -0.490 e. The van der Waals surface area contributed by atoms with Gasteiger partial charge in [-0.3, -0.25) is 14.5 Å². The topological polar surface area (TPSA) is 77.1 Å². The molecule has 8 heteroatoms. The quantitative estimate of drug-likeness (QED) is 0.600. The van der Waals surface area contributed by atoms with Crippen molar-refractivity contribution >= 4 is 33.4 Å². The van der Waals surface area contributed by atoms with Gasteiger partial charge >= 0.3 is 0 Å². The molecule has 160 valence electrons. The SMILES string of the molecule is CCOc1ccc(CCNC(=O)CN2C(=O)COc3cc(Br)ccc32)cc1OCC. The number of nitrogens with one attached hydrogen (secondary N) is 1. The first-order chi connectivity index (χ1) is 14.5. The summed E-state index contributed by atoms with van der Waals surface area (Å²) in [7, 11) is 0. The van der Waals surface area contributed by atoms with Gasteiger partial charge in [0.2, 0.25) is 5.91 Å². The number of benzene rings is 2. The first kappa shape index (κ1) is 22.0. The number of hydrogen-bond acceptors (Lipinski definition) is 5. The van der Waals surface area contributed by atoms with Crippen LogP contribution in [0.4, 0.5) is 5.69 Å². The summed E-state index contributed by atoms with van der Waals surface area (Å²) in [6.45, 7) is 5.28. The van der Waals surface area contributed by atoms with Crippen LogP contribution < -0.4 is 24.4 Å².